The average Bonchev–Trinajstić information content (AvgIpc) is 3.52. The number of rotatable bonds is 4. The number of pyridine rings is 1. The van der Waals surface area contributed by atoms with Crippen LogP contribution in [0.3, 0.4) is 0 Å². The number of aromatic nitrogens is 3. The van der Waals surface area contributed by atoms with E-state index >= 15 is 0 Å². The zero-order valence-electron chi connectivity index (χ0n) is 23.0. The second-order valence-corrected chi connectivity index (χ2v) is 9.18. The fraction of sp³-hybridized carbons (Fsp3) is 0.500. The molecule has 2 aliphatic rings. The van der Waals surface area contributed by atoms with E-state index in [0.29, 0.717) is 25.0 Å². The van der Waals surface area contributed by atoms with Crippen molar-refractivity contribution in [1.82, 2.24) is 24.3 Å². The quantitative estimate of drug-likeness (QED) is 0.411. The van der Waals surface area contributed by atoms with Crippen molar-refractivity contribution in [2.24, 2.45) is 7.05 Å². The molecule has 0 radical (unpaired) electrons. The maximum Gasteiger partial charge on any atom is 0.490 e. The fourth-order valence-corrected chi connectivity index (χ4v) is 4.06. The molecule has 0 bridgehead atoms. The van der Waals surface area contributed by atoms with E-state index in [1.807, 2.05) is 37.8 Å². The zero-order chi connectivity index (χ0) is 34.8. The maximum atomic E-state index is 12.5. The number of imidazole rings is 1. The van der Waals surface area contributed by atoms with Gasteiger partial charge in [-0.1, -0.05) is 6.07 Å². The highest BCUT2D eigenvalue weighted by Crippen LogP contribution is 2.33. The van der Waals surface area contributed by atoms with Gasteiger partial charge in [0.25, 0.3) is 0 Å². The summed E-state index contributed by atoms with van der Waals surface area (Å²) in [5.74, 6) is -6.90. The number of carbonyl (C=O) groups is 4. The average molecular weight is 667 g/mol. The Bertz CT molecular complexity index is 1230. The topological polar surface area (TPSA) is 166 Å². The number of piperidine rings is 1. The van der Waals surface area contributed by atoms with Crippen LogP contribution in [0.4, 0.5) is 39.5 Å². The van der Waals surface area contributed by atoms with E-state index in [4.69, 9.17) is 29.7 Å². The normalized spacial score (nSPS) is 18.3. The summed E-state index contributed by atoms with van der Waals surface area (Å²) in [6.45, 7) is 2.56. The van der Waals surface area contributed by atoms with Gasteiger partial charge in [-0.3, -0.25) is 14.7 Å². The molecule has 0 unspecified atom stereocenters. The van der Waals surface area contributed by atoms with Gasteiger partial charge in [-0.2, -0.15) is 39.5 Å². The largest absolute Gasteiger partial charge is 0.490 e. The third kappa shape index (κ3) is 13.0. The molecule has 1 amide bonds. The second kappa shape index (κ2) is 16.0. The zero-order valence-corrected chi connectivity index (χ0v) is 23.0. The maximum absolute atomic E-state index is 12.5. The minimum Gasteiger partial charge on any atom is -0.475 e. The summed E-state index contributed by atoms with van der Waals surface area (Å²) >= 11 is 0. The summed E-state index contributed by atoms with van der Waals surface area (Å²) in [5, 5.41) is 21.4. The first-order valence-electron chi connectivity index (χ1n) is 12.3. The van der Waals surface area contributed by atoms with Crippen molar-refractivity contribution < 1.29 is 74.0 Å². The van der Waals surface area contributed by atoms with Crippen molar-refractivity contribution in [2.75, 3.05) is 6.54 Å². The lowest BCUT2D eigenvalue weighted by Crippen LogP contribution is -2.51. The third-order valence-corrected chi connectivity index (χ3v) is 6.07. The number of fused-ring (bicyclic) bond motifs is 1. The van der Waals surface area contributed by atoms with E-state index in [9.17, 15) is 44.3 Å². The summed E-state index contributed by atoms with van der Waals surface area (Å²) in [7, 11) is 2.04. The van der Waals surface area contributed by atoms with Gasteiger partial charge < -0.3 is 24.8 Å². The molecule has 0 spiro atoms. The smallest absolute Gasteiger partial charge is 0.475 e. The number of carboxylic acid groups (broad SMARTS) is 3. The minimum absolute atomic E-state index is 0.277. The number of aryl methyl sites for hydroxylation is 1. The number of halogens is 9. The molecule has 2 atom stereocenters. The molecule has 12 nitrogen and oxygen atoms in total. The van der Waals surface area contributed by atoms with E-state index in [2.05, 4.69) is 24.3 Å². The van der Waals surface area contributed by atoms with Gasteiger partial charge in [0.2, 0.25) is 5.91 Å². The number of carboxylic acids is 3. The molecule has 2 saturated heterocycles. The minimum atomic E-state index is -5.08. The summed E-state index contributed by atoms with van der Waals surface area (Å²) in [4.78, 5) is 52.4. The molecule has 2 aromatic rings. The molecule has 3 N–H and O–H groups in total. The molecule has 252 valence electrons. The molecule has 2 aromatic heterocycles. The van der Waals surface area contributed by atoms with Crippen LogP contribution in [0.25, 0.3) is 0 Å². The van der Waals surface area contributed by atoms with E-state index in [0.717, 1.165) is 37.3 Å². The Balaban J connectivity index is 0.000000396. The van der Waals surface area contributed by atoms with Crippen molar-refractivity contribution >= 4 is 23.8 Å². The van der Waals surface area contributed by atoms with Gasteiger partial charge >= 0.3 is 36.4 Å². The van der Waals surface area contributed by atoms with Crippen molar-refractivity contribution in [3.63, 3.8) is 0 Å². The van der Waals surface area contributed by atoms with Crippen molar-refractivity contribution in [3.8, 4) is 0 Å². The van der Waals surface area contributed by atoms with Gasteiger partial charge in [0.1, 0.15) is 5.82 Å². The van der Waals surface area contributed by atoms with Gasteiger partial charge in [-0.05, 0) is 24.5 Å². The lowest BCUT2D eigenvalue weighted by atomic mass is 9.95. The monoisotopic (exact) mass is 667 g/mol. The van der Waals surface area contributed by atoms with Crippen LogP contribution in [-0.4, -0.2) is 101 Å². The number of hydrogen-bond donors (Lipinski definition) is 3. The molecule has 2 fully saturated rings. The van der Waals surface area contributed by atoms with Gasteiger partial charge in [-0.25, -0.2) is 19.4 Å². The van der Waals surface area contributed by atoms with Gasteiger partial charge in [0.15, 0.2) is 0 Å². The van der Waals surface area contributed by atoms with Crippen LogP contribution in [0, 0.1) is 0 Å². The SMILES string of the molecule is Cn1ccnc1CN1CC[C@H]2[C@@H]1CCC(=O)N2Cc1cccnc1.O=C(O)C(F)(F)F.O=C(O)C(F)(F)F.O=C(O)C(F)(F)F. The van der Waals surface area contributed by atoms with Crippen molar-refractivity contribution in [1.29, 1.82) is 0 Å². The molecule has 0 aliphatic carbocycles. The Morgan fingerprint density at radius 3 is 1.76 bits per heavy atom. The van der Waals surface area contributed by atoms with E-state index in [1.165, 1.54) is 0 Å². The third-order valence-electron chi connectivity index (χ3n) is 6.07. The molecule has 0 saturated carbocycles. The Kier molecular flexibility index (Phi) is 13.8. The fourth-order valence-electron chi connectivity index (χ4n) is 4.06. The van der Waals surface area contributed by atoms with Gasteiger partial charge in [0.05, 0.1) is 6.54 Å². The summed E-state index contributed by atoms with van der Waals surface area (Å²) in [6, 6.07) is 4.73. The van der Waals surface area contributed by atoms with Crippen LogP contribution in [0.1, 0.15) is 30.7 Å². The van der Waals surface area contributed by atoms with Crippen LogP contribution in [-0.2, 0) is 39.3 Å². The van der Waals surface area contributed by atoms with Crippen LogP contribution in [0.15, 0.2) is 36.9 Å². The summed E-state index contributed by atoms with van der Waals surface area (Å²) < 4.78 is 97.3. The van der Waals surface area contributed by atoms with Crippen LogP contribution in [0.2, 0.25) is 0 Å². The van der Waals surface area contributed by atoms with E-state index in [1.54, 1.807) is 6.20 Å². The van der Waals surface area contributed by atoms with Crippen LogP contribution < -0.4 is 0 Å². The molecule has 21 heteroatoms. The Morgan fingerprint density at radius 2 is 1.36 bits per heavy atom. The van der Waals surface area contributed by atoms with E-state index in [-0.39, 0.29) is 5.91 Å². The predicted octanol–water partition coefficient (Wildman–Crippen LogP) is 3.48. The van der Waals surface area contributed by atoms with E-state index < -0.39 is 36.4 Å². The predicted molar refractivity (Wildman–Crippen MR) is 131 cm³/mol. The summed E-state index contributed by atoms with van der Waals surface area (Å²) in [6.07, 6.45) is -5.15. The number of likely N-dealkylation sites (tertiary alicyclic amines) is 2. The number of nitrogens with zero attached hydrogens (tertiary/aromatic N) is 5. The molecular weight excluding hydrogens is 641 g/mol. The molecule has 0 aromatic carbocycles. The standard InChI is InChI=1S/C18H23N5O.3C2HF3O2/c1-21-10-8-20-17(21)13-22-9-6-16-15(22)4-5-18(24)23(16)12-14-3-2-7-19-11-14;3*3-2(4,5)1(6)7/h2-3,7-8,10-11,15-16H,4-6,9,12-13H2,1H3;3*(H,6,7)/t15-,16-;;;/m0.../s1. The Hall–Kier alpha value is -4.43. The highest BCUT2D eigenvalue weighted by Gasteiger charge is 2.43. The highest BCUT2D eigenvalue weighted by molar-refractivity contribution is 5.78. The molecule has 4 rings (SSSR count). The highest BCUT2D eigenvalue weighted by atomic mass is 19.4. The van der Waals surface area contributed by atoms with Crippen molar-refractivity contribution in [3.05, 3.63) is 48.3 Å². The molecule has 4 heterocycles. The van der Waals surface area contributed by atoms with Crippen LogP contribution in [0.5, 0.6) is 0 Å². The van der Waals surface area contributed by atoms with Gasteiger partial charge in [0, 0.05) is 63.4 Å². The number of amides is 1. The first-order valence-corrected chi connectivity index (χ1v) is 12.3. The van der Waals surface area contributed by atoms with Gasteiger partial charge in [-0.15, -0.1) is 0 Å². The first-order chi connectivity index (χ1) is 20.6. The molecule has 45 heavy (non-hydrogen) atoms. The second-order valence-electron chi connectivity index (χ2n) is 9.18. The van der Waals surface area contributed by atoms with Crippen LogP contribution >= 0.6 is 0 Å². The number of carbonyl (C=O) groups excluding carboxylic acids is 1. The molecular formula is C24H26F9N5O7. The number of alkyl halides is 9. The lowest BCUT2D eigenvalue weighted by Gasteiger charge is -2.39. The number of aliphatic carboxylic acids is 3. The Labute approximate surface area is 247 Å². The Morgan fingerprint density at radius 1 is 0.844 bits per heavy atom. The first kappa shape index (κ1) is 38.6. The molecule has 2 aliphatic heterocycles. The number of hydrogen-bond acceptors (Lipinski definition) is 7. The lowest BCUT2D eigenvalue weighted by molar-refractivity contribution is -0.193. The van der Waals surface area contributed by atoms with Crippen molar-refractivity contribution in [2.45, 2.75) is 63.0 Å². The summed E-state index contributed by atoms with van der Waals surface area (Å²) in [5.41, 5.74) is 1.11.